The summed E-state index contributed by atoms with van der Waals surface area (Å²) in [5.74, 6) is 1.31. The largest absolute Gasteiger partial charge is 0.493 e. The van der Waals surface area contributed by atoms with E-state index in [2.05, 4.69) is 4.99 Å². The molecule has 0 saturated heterocycles. The lowest BCUT2D eigenvalue weighted by atomic mass is 9.97. The molecule has 5 nitrogen and oxygen atoms in total. The summed E-state index contributed by atoms with van der Waals surface area (Å²) in [7, 11) is 1.60. The van der Waals surface area contributed by atoms with E-state index in [0.29, 0.717) is 29.7 Å². The van der Waals surface area contributed by atoms with Crippen LogP contribution in [0.3, 0.4) is 0 Å². The van der Waals surface area contributed by atoms with Gasteiger partial charge >= 0.3 is 5.97 Å². The highest BCUT2D eigenvalue weighted by Crippen LogP contribution is 2.30. The van der Waals surface area contributed by atoms with Crippen LogP contribution in [0.25, 0.3) is 6.08 Å². The first-order valence-electron chi connectivity index (χ1n) is 7.69. The van der Waals surface area contributed by atoms with Crippen LogP contribution in [0, 0.1) is 5.41 Å². The molecule has 1 heterocycles. The summed E-state index contributed by atoms with van der Waals surface area (Å²) in [4.78, 5) is 16.3. The van der Waals surface area contributed by atoms with Crippen molar-refractivity contribution >= 4 is 17.9 Å². The van der Waals surface area contributed by atoms with Gasteiger partial charge in [-0.05, 0) is 30.2 Å². The maximum atomic E-state index is 12.0. The summed E-state index contributed by atoms with van der Waals surface area (Å²) in [6, 6.07) is 5.49. The van der Waals surface area contributed by atoms with Gasteiger partial charge in [0.25, 0.3) is 0 Å². The van der Waals surface area contributed by atoms with E-state index in [-0.39, 0.29) is 5.41 Å². The second kappa shape index (κ2) is 6.86. The van der Waals surface area contributed by atoms with Crippen LogP contribution >= 0.6 is 0 Å². The Morgan fingerprint density at radius 2 is 2.00 bits per heavy atom. The number of carbonyl (C=O) groups is 1. The molecule has 0 spiro atoms. The Morgan fingerprint density at radius 1 is 1.26 bits per heavy atom. The molecule has 1 aromatic rings. The number of carbonyl (C=O) groups excluding carboxylic acids is 1. The van der Waals surface area contributed by atoms with Gasteiger partial charge in [0.05, 0.1) is 13.7 Å². The quantitative estimate of drug-likeness (QED) is 0.612. The first-order chi connectivity index (χ1) is 10.8. The van der Waals surface area contributed by atoms with Gasteiger partial charge in [-0.3, -0.25) is 0 Å². The highest BCUT2D eigenvalue weighted by atomic mass is 16.6. The van der Waals surface area contributed by atoms with Crippen molar-refractivity contribution < 1.29 is 19.0 Å². The molecule has 0 radical (unpaired) electrons. The van der Waals surface area contributed by atoms with E-state index in [1.165, 1.54) is 0 Å². The molecule has 1 aliphatic rings. The molecule has 0 atom stereocenters. The molecule has 124 valence electrons. The Kier molecular flexibility index (Phi) is 5.08. The molecular weight excluding hydrogens is 294 g/mol. The second-order valence-corrected chi connectivity index (χ2v) is 6.34. The number of ether oxygens (including phenoxy) is 3. The minimum Gasteiger partial charge on any atom is -0.493 e. The number of hydrogen-bond acceptors (Lipinski definition) is 5. The van der Waals surface area contributed by atoms with Crippen LogP contribution in [0.15, 0.2) is 28.9 Å². The third kappa shape index (κ3) is 4.12. The number of benzene rings is 1. The number of cyclic esters (lactones) is 1. The Morgan fingerprint density at radius 3 is 2.57 bits per heavy atom. The number of hydrogen-bond donors (Lipinski definition) is 0. The predicted octanol–water partition coefficient (Wildman–Crippen LogP) is 3.83. The van der Waals surface area contributed by atoms with Crippen LogP contribution in [0.4, 0.5) is 0 Å². The van der Waals surface area contributed by atoms with Gasteiger partial charge in [-0.25, -0.2) is 9.79 Å². The first kappa shape index (κ1) is 17.1. The zero-order valence-corrected chi connectivity index (χ0v) is 14.3. The van der Waals surface area contributed by atoms with E-state index >= 15 is 0 Å². The Bertz CT molecular complexity index is 653. The summed E-state index contributed by atoms with van der Waals surface area (Å²) < 4.78 is 16.2. The molecular formula is C18H23NO4. The summed E-state index contributed by atoms with van der Waals surface area (Å²) in [5.41, 5.74) is 0.796. The van der Waals surface area contributed by atoms with Gasteiger partial charge in [0, 0.05) is 5.41 Å². The fourth-order valence-electron chi connectivity index (χ4n) is 2.00. The number of methoxy groups -OCH3 is 1. The van der Waals surface area contributed by atoms with Crippen molar-refractivity contribution in [2.24, 2.45) is 10.4 Å². The fraction of sp³-hybridized carbons (Fsp3) is 0.444. The zero-order chi connectivity index (χ0) is 17.0. The molecule has 0 N–H and O–H groups in total. The van der Waals surface area contributed by atoms with Crippen molar-refractivity contribution in [1.29, 1.82) is 0 Å². The maximum Gasteiger partial charge on any atom is 0.363 e. The molecule has 0 bridgehead atoms. The molecule has 0 aliphatic carbocycles. The van der Waals surface area contributed by atoms with Gasteiger partial charge in [0.2, 0.25) is 5.90 Å². The molecule has 1 aromatic carbocycles. The van der Waals surface area contributed by atoms with Crippen LogP contribution in [-0.2, 0) is 9.53 Å². The predicted molar refractivity (Wildman–Crippen MR) is 89.7 cm³/mol. The third-order valence-corrected chi connectivity index (χ3v) is 3.21. The van der Waals surface area contributed by atoms with Crippen LogP contribution in [0.2, 0.25) is 0 Å². The smallest absolute Gasteiger partial charge is 0.363 e. The molecule has 23 heavy (non-hydrogen) atoms. The van der Waals surface area contributed by atoms with E-state index in [4.69, 9.17) is 14.2 Å². The second-order valence-electron chi connectivity index (χ2n) is 6.34. The van der Waals surface area contributed by atoms with Crippen molar-refractivity contribution in [2.75, 3.05) is 13.7 Å². The van der Waals surface area contributed by atoms with Gasteiger partial charge in [0.15, 0.2) is 17.2 Å². The summed E-state index contributed by atoms with van der Waals surface area (Å²) in [5, 5.41) is 0. The molecule has 0 saturated carbocycles. The van der Waals surface area contributed by atoms with Crippen molar-refractivity contribution in [1.82, 2.24) is 0 Å². The minimum atomic E-state index is -0.429. The van der Waals surface area contributed by atoms with Gasteiger partial charge in [-0.15, -0.1) is 0 Å². The van der Waals surface area contributed by atoms with Gasteiger partial charge in [0.1, 0.15) is 0 Å². The van der Waals surface area contributed by atoms with Crippen molar-refractivity contribution in [3.8, 4) is 11.5 Å². The molecule has 0 amide bonds. The number of nitrogens with zero attached hydrogens (tertiary/aromatic N) is 1. The van der Waals surface area contributed by atoms with Gasteiger partial charge in [-0.2, -0.15) is 0 Å². The number of esters is 1. The number of rotatable bonds is 5. The zero-order valence-electron chi connectivity index (χ0n) is 14.3. The van der Waals surface area contributed by atoms with Crippen LogP contribution in [0.1, 0.15) is 39.7 Å². The first-order valence-corrected chi connectivity index (χ1v) is 7.69. The summed E-state index contributed by atoms with van der Waals surface area (Å²) in [6.45, 7) is 8.49. The lowest BCUT2D eigenvalue weighted by molar-refractivity contribution is -0.130. The molecule has 1 aliphatic heterocycles. The Balaban J connectivity index is 2.32. The van der Waals surface area contributed by atoms with Crippen LogP contribution < -0.4 is 9.47 Å². The molecule has 0 fully saturated rings. The van der Waals surface area contributed by atoms with Gasteiger partial charge < -0.3 is 14.2 Å². The normalized spacial score (nSPS) is 16.3. The minimum absolute atomic E-state index is 0.293. The third-order valence-electron chi connectivity index (χ3n) is 3.21. The van der Waals surface area contributed by atoms with Crippen LogP contribution in [0.5, 0.6) is 11.5 Å². The average molecular weight is 317 g/mol. The number of aliphatic imine (C=N–C) groups is 1. The van der Waals surface area contributed by atoms with Crippen molar-refractivity contribution in [3.05, 3.63) is 29.5 Å². The maximum absolute atomic E-state index is 12.0. The molecule has 2 rings (SSSR count). The SMILES string of the molecule is CCCOc1cc(/C=C2\N=C(C(C)(C)C)OC2=O)ccc1OC. The Labute approximate surface area is 137 Å². The highest BCUT2D eigenvalue weighted by Gasteiger charge is 2.31. The van der Waals surface area contributed by atoms with E-state index in [1.54, 1.807) is 13.2 Å². The molecule has 5 heteroatoms. The molecule has 0 unspecified atom stereocenters. The lowest BCUT2D eigenvalue weighted by Gasteiger charge is -2.15. The highest BCUT2D eigenvalue weighted by molar-refractivity contribution is 6.08. The van der Waals surface area contributed by atoms with E-state index < -0.39 is 5.97 Å². The lowest BCUT2D eigenvalue weighted by Crippen LogP contribution is -2.21. The summed E-state index contributed by atoms with van der Waals surface area (Å²) >= 11 is 0. The topological polar surface area (TPSA) is 57.1 Å². The monoisotopic (exact) mass is 317 g/mol. The van der Waals surface area contributed by atoms with Crippen molar-refractivity contribution in [2.45, 2.75) is 34.1 Å². The van der Waals surface area contributed by atoms with E-state index in [0.717, 1.165) is 12.0 Å². The Hall–Kier alpha value is -2.30. The molecule has 0 aromatic heterocycles. The standard InChI is InChI=1S/C18H23NO4/c1-6-9-22-15-11-12(7-8-14(15)21-5)10-13-16(20)23-17(19-13)18(2,3)4/h7-8,10-11H,6,9H2,1-5H3/b13-10-. The van der Waals surface area contributed by atoms with Crippen molar-refractivity contribution in [3.63, 3.8) is 0 Å². The van der Waals surface area contributed by atoms with Gasteiger partial charge in [-0.1, -0.05) is 33.8 Å². The average Bonchev–Trinajstić information content (AvgIpc) is 2.86. The fourth-order valence-corrected chi connectivity index (χ4v) is 2.00. The summed E-state index contributed by atoms with van der Waals surface area (Å²) in [6.07, 6.45) is 2.60. The van der Waals surface area contributed by atoms with E-state index in [1.807, 2.05) is 45.9 Å². The van der Waals surface area contributed by atoms with Crippen LogP contribution in [-0.4, -0.2) is 25.6 Å². The van der Waals surface area contributed by atoms with E-state index in [9.17, 15) is 4.79 Å².